The molecule has 1 aliphatic heterocycles. The number of rotatable bonds is 3. The number of halogens is 2. The van der Waals surface area contributed by atoms with Crippen molar-refractivity contribution in [3.8, 4) is 6.07 Å². The first-order valence-corrected chi connectivity index (χ1v) is 8.16. The maximum Gasteiger partial charge on any atom is 0.255 e. The van der Waals surface area contributed by atoms with Gasteiger partial charge in [-0.05, 0) is 23.8 Å². The van der Waals surface area contributed by atoms with Crippen molar-refractivity contribution in [1.82, 2.24) is 4.90 Å². The van der Waals surface area contributed by atoms with Crippen LogP contribution >= 0.6 is 23.2 Å². The Labute approximate surface area is 149 Å². The number of hydrogen-bond donors (Lipinski definition) is 1. The van der Waals surface area contributed by atoms with Crippen molar-refractivity contribution in [2.24, 2.45) is 0 Å². The average molecular weight is 361 g/mol. The topological polar surface area (TPSA) is 64.3 Å². The molecule has 1 saturated heterocycles. The van der Waals surface area contributed by atoms with Gasteiger partial charge in [0.15, 0.2) is 0 Å². The molecule has 0 unspecified atom stereocenters. The van der Waals surface area contributed by atoms with E-state index in [1.807, 2.05) is 30.3 Å². The van der Waals surface area contributed by atoms with Crippen molar-refractivity contribution < 1.29 is 9.90 Å². The number of amides is 1. The summed E-state index contributed by atoms with van der Waals surface area (Å²) < 4.78 is 0. The van der Waals surface area contributed by atoms with Crippen LogP contribution in [0.15, 0.2) is 48.5 Å². The highest BCUT2D eigenvalue weighted by atomic mass is 35.5. The number of nitrogens with zero attached hydrogens (tertiary/aromatic N) is 2. The number of likely N-dealkylation sites (tertiary alicyclic amines) is 1. The normalized spacial score (nSPS) is 22.6. The van der Waals surface area contributed by atoms with Crippen molar-refractivity contribution in [2.75, 3.05) is 6.61 Å². The first kappa shape index (κ1) is 16.8. The van der Waals surface area contributed by atoms with Crippen LogP contribution < -0.4 is 0 Å². The molecule has 2 aromatic carbocycles. The molecule has 0 aliphatic carbocycles. The van der Waals surface area contributed by atoms with E-state index in [1.54, 1.807) is 0 Å². The smallest absolute Gasteiger partial charge is 0.255 e. The second-order valence-corrected chi connectivity index (χ2v) is 6.50. The third-order valence-electron chi connectivity index (χ3n) is 4.26. The van der Waals surface area contributed by atoms with Crippen molar-refractivity contribution in [3.63, 3.8) is 0 Å². The van der Waals surface area contributed by atoms with Crippen molar-refractivity contribution >= 4 is 29.1 Å². The molecule has 0 saturated carbocycles. The fraction of sp³-hybridized carbons (Fsp3) is 0.222. The molecule has 1 fully saturated rings. The van der Waals surface area contributed by atoms with Gasteiger partial charge in [-0.25, -0.2) is 0 Å². The molecule has 0 bridgehead atoms. The van der Waals surface area contributed by atoms with Gasteiger partial charge in [-0.3, -0.25) is 4.79 Å². The van der Waals surface area contributed by atoms with Gasteiger partial charge in [0, 0.05) is 21.5 Å². The van der Waals surface area contributed by atoms with Gasteiger partial charge in [0.05, 0.1) is 18.7 Å². The Morgan fingerprint density at radius 3 is 2.33 bits per heavy atom. The molecule has 2 aromatic rings. The Balaban J connectivity index is 1.93. The van der Waals surface area contributed by atoms with Crippen LogP contribution in [0.2, 0.25) is 10.0 Å². The lowest BCUT2D eigenvalue weighted by Crippen LogP contribution is -2.65. The van der Waals surface area contributed by atoms with Gasteiger partial charge in [-0.1, -0.05) is 53.5 Å². The number of carbonyl (C=O) groups excluding carboxylic acids is 1. The molecule has 3 rings (SSSR count). The van der Waals surface area contributed by atoms with Gasteiger partial charge in [0.2, 0.25) is 0 Å². The second kappa shape index (κ2) is 6.82. The van der Waals surface area contributed by atoms with Crippen LogP contribution in [-0.4, -0.2) is 34.6 Å². The molecule has 4 nitrogen and oxygen atoms in total. The zero-order valence-corrected chi connectivity index (χ0v) is 14.1. The standard InChI is InChI=1S/C18H14Cl2N2O2/c19-13-6-12(7-14(20)8-13)18(24)22-15(9-21)17(16(22)10-23)11-4-2-1-3-5-11/h1-8,15-17,23H,10H2/t15-,16-,17-/m1/s1. The molecule has 1 N–H and O–H groups in total. The molecule has 24 heavy (non-hydrogen) atoms. The Hall–Kier alpha value is -2.06. The molecule has 0 spiro atoms. The Morgan fingerprint density at radius 2 is 1.79 bits per heavy atom. The third-order valence-corrected chi connectivity index (χ3v) is 4.70. The van der Waals surface area contributed by atoms with Crippen molar-refractivity contribution in [3.05, 3.63) is 69.7 Å². The number of aliphatic hydroxyl groups is 1. The number of hydrogen-bond acceptors (Lipinski definition) is 3. The minimum absolute atomic E-state index is 0.222. The molecular formula is C18H14Cl2N2O2. The van der Waals surface area contributed by atoms with Crippen LogP contribution in [0, 0.1) is 11.3 Å². The van der Waals surface area contributed by atoms with Gasteiger partial charge in [0.25, 0.3) is 5.91 Å². The first-order valence-electron chi connectivity index (χ1n) is 7.41. The summed E-state index contributed by atoms with van der Waals surface area (Å²) in [4.78, 5) is 14.2. The predicted octanol–water partition coefficient (Wildman–Crippen LogP) is 3.49. The fourth-order valence-corrected chi connectivity index (χ4v) is 3.71. The van der Waals surface area contributed by atoms with E-state index in [4.69, 9.17) is 23.2 Å². The summed E-state index contributed by atoms with van der Waals surface area (Å²) in [7, 11) is 0. The summed E-state index contributed by atoms with van der Waals surface area (Å²) in [6.07, 6.45) is 0. The van der Waals surface area contributed by atoms with E-state index in [-0.39, 0.29) is 18.4 Å². The summed E-state index contributed by atoms with van der Waals surface area (Å²) >= 11 is 11.9. The molecule has 0 radical (unpaired) electrons. The number of nitriles is 1. The summed E-state index contributed by atoms with van der Waals surface area (Å²) in [5.41, 5.74) is 1.23. The second-order valence-electron chi connectivity index (χ2n) is 5.63. The van der Waals surface area contributed by atoms with Gasteiger partial charge in [0.1, 0.15) is 6.04 Å². The minimum atomic E-state index is -0.644. The van der Waals surface area contributed by atoms with Crippen LogP contribution in [0.4, 0.5) is 0 Å². The van der Waals surface area contributed by atoms with Crippen LogP contribution in [0.3, 0.4) is 0 Å². The molecule has 1 heterocycles. The zero-order chi connectivity index (χ0) is 17.3. The van der Waals surface area contributed by atoms with Gasteiger partial charge in [-0.15, -0.1) is 0 Å². The molecule has 0 aromatic heterocycles. The molecule has 1 amide bonds. The minimum Gasteiger partial charge on any atom is -0.394 e. The average Bonchev–Trinajstić information content (AvgIpc) is 2.54. The van der Waals surface area contributed by atoms with Gasteiger partial charge >= 0.3 is 0 Å². The van der Waals surface area contributed by atoms with Gasteiger partial charge < -0.3 is 10.0 Å². The van der Waals surface area contributed by atoms with E-state index in [2.05, 4.69) is 6.07 Å². The fourth-order valence-electron chi connectivity index (χ4n) is 3.19. The summed E-state index contributed by atoms with van der Waals surface area (Å²) in [5.74, 6) is -0.586. The van der Waals surface area contributed by atoms with Crippen LogP contribution in [0.1, 0.15) is 21.8 Å². The maximum atomic E-state index is 12.8. The summed E-state index contributed by atoms with van der Waals surface area (Å²) in [5, 5.41) is 20.0. The molecule has 6 heteroatoms. The summed E-state index contributed by atoms with van der Waals surface area (Å²) in [6.45, 7) is -0.224. The van der Waals surface area contributed by atoms with Crippen LogP contribution in [0.25, 0.3) is 0 Å². The predicted molar refractivity (Wildman–Crippen MR) is 92.1 cm³/mol. The largest absolute Gasteiger partial charge is 0.394 e. The van der Waals surface area contributed by atoms with E-state index in [0.717, 1.165) is 5.56 Å². The van der Waals surface area contributed by atoms with Gasteiger partial charge in [-0.2, -0.15) is 5.26 Å². The lowest BCUT2D eigenvalue weighted by molar-refractivity contribution is -0.00585. The highest BCUT2D eigenvalue weighted by Gasteiger charge is 2.51. The Kier molecular flexibility index (Phi) is 4.77. The Morgan fingerprint density at radius 1 is 1.17 bits per heavy atom. The highest BCUT2D eigenvalue weighted by molar-refractivity contribution is 6.35. The lowest BCUT2D eigenvalue weighted by atomic mass is 9.75. The van der Waals surface area contributed by atoms with E-state index in [0.29, 0.717) is 15.6 Å². The zero-order valence-electron chi connectivity index (χ0n) is 12.6. The highest BCUT2D eigenvalue weighted by Crippen LogP contribution is 2.41. The number of carbonyl (C=O) groups is 1. The first-order chi connectivity index (χ1) is 11.6. The molecule has 122 valence electrons. The van der Waals surface area contributed by atoms with E-state index >= 15 is 0 Å². The Bertz CT molecular complexity index is 784. The maximum absolute atomic E-state index is 12.8. The van der Waals surface area contributed by atoms with E-state index in [9.17, 15) is 15.2 Å². The van der Waals surface area contributed by atoms with E-state index < -0.39 is 12.1 Å². The lowest BCUT2D eigenvalue weighted by Gasteiger charge is -2.51. The SMILES string of the molecule is N#C[C@@H]1[C@@H](c2ccccc2)[C@@H](CO)N1C(=O)c1cc(Cl)cc(Cl)c1. The van der Waals surface area contributed by atoms with E-state index in [1.165, 1.54) is 23.1 Å². The van der Waals surface area contributed by atoms with Crippen LogP contribution in [-0.2, 0) is 0 Å². The summed E-state index contributed by atoms with van der Waals surface area (Å²) in [6, 6.07) is 15.1. The van der Waals surface area contributed by atoms with Crippen molar-refractivity contribution in [2.45, 2.75) is 18.0 Å². The molecule has 3 atom stereocenters. The quantitative estimate of drug-likeness (QED) is 0.910. The third kappa shape index (κ3) is 2.87. The van der Waals surface area contributed by atoms with Crippen molar-refractivity contribution in [1.29, 1.82) is 5.26 Å². The number of aliphatic hydroxyl groups excluding tert-OH is 1. The molecule has 1 aliphatic rings. The molecular weight excluding hydrogens is 347 g/mol. The monoisotopic (exact) mass is 360 g/mol. The van der Waals surface area contributed by atoms with Crippen LogP contribution in [0.5, 0.6) is 0 Å². The number of benzene rings is 2.